The molecule has 33 heavy (non-hydrogen) atoms. The maximum absolute atomic E-state index is 14.7. The smallest absolute Gasteiger partial charge is 0.200 e. The summed E-state index contributed by atoms with van der Waals surface area (Å²) in [5, 5.41) is -1.73. The number of rotatable bonds is 9. The Bertz CT molecular complexity index is 975. The fourth-order valence-corrected chi connectivity index (χ4v) is 5.32. The Morgan fingerprint density at radius 1 is 0.879 bits per heavy atom. The topological polar surface area (TPSA) is 18.5 Å². The molecule has 2 aromatic carbocycles. The van der Waals surface area contributed by atoms with Crippen LogP contribution in [0.25, 0.3) is 0 Å². The normalized spacial score (nSPS) is 14.2. The lowest BCUT2D eigenvalue weighted by molar-refractivity contribution is 0.0494. The molecule has 2 nitrogen and oxygen atoms in total. The van der Waals surface area contributed by atoms with Gasteiger partial charge in [0.05, 0.1) is 5.30 Å². The molecule has 0 saturated heterocycles. The second-order valence-electron chi connectivity index (χ2n) is 9.48. The van der Waals surface area contributed by atoms with Crippen LogP contribution in [0, 0.1) is 36.0 Å². The van der Waals surface area contributed by atoms with Gasteiger partial charge in [0.1, 0.15) is 5.75 Å². The zero-order chi connectivity index (χ0) is 25.1. The monoisotopic (exact) mass is 490 g/mol. The van der Waals surface area contributed by atoms with Crippen molar-refractivity contribution in [3.8, 4) is 5.75 Å². The Morgan fingerprint density at radius 3 is 1.91 bits per heavy atom. The van der Waals surface area contributed by atoms with Crippen molar-refractivity contribution in [2.75, 3.05) is 13.9 Å². The molecule has 2 rings (SSSR count). The number of halogens is 5. The molecule has 2 atom stereocenters. The van der Waals surface area contributed by atoms with Crippen LogP contribution in [-0.4, -0.2) is 13.9 Å². The first-order valence-corrected chi connectivity index (χ1v) is 11.8. The molecule has 0 N–H and O–H groups in total. The molecule has 2 unspecified atom stereocenters. The van der Waals surface area contributed by atoms with Gasteiger partial charge < -0.3 is 9.47 Å². The molecule has 0 heterocycles. The summed E-state index contributed by atoms with van der Waals surface area (Å²) in [7, 11) is 0.760. The minimum absolute atomic E-state index is 0.0435. The zero-order valence-electron chi connectivity index (χ0n) is 20.2. The molecule has 0 aliphatic carbocycles. The first kappa shape index (κ1) is 27.5. The van der Waals surface area contributed by atoms with Crippen molar-refractivity contribution in [3.05, 3.63) is 57.9 Å². The van der Waals surface area contributed by atoms with E-state index < -0.39 is 48.1 Å². The summed E-state index contributed by atoms with van der Waals surface area (Å²) in [6.45, 7) is 11.7. The fraction of sp³-hybridized carbons (Fsp3) is 0.520. The van der Waals surface area contributed by atoms with Crippen molar-refractivity contribution < 1.29 is 31.4 Å². The van der Waals surface area contributed by atoms with Gasteiger partial charge in [0.15, 0.2) is 30.1 Å². The van der Waals surface area contributed by atoms with E-state index in [0.29, 0.717) is 24.2 Å². The minimum atomic E-state index is -2.15. The van der Waals surface area contributed by atoms with E-state index in [1.165, 1.54) is 7.11 Å². The largest absolute Gasteiger partial charge is 0.467 e. The molecular weight excluding hydrogens is 458 g/mol. The lowest BCUT2D eigenvalue weighted by Gasteiger charge is -2.35. The molecule has 0 aromatic heterocycles. The molecule has 8 heteroatoms. The van der Waals surface area contributed by atoms with E-state index in [9.17, 15) is 22.0 Å². The first-order valence-electron chi connectivity index (χ1n) is 10.8. The third-order valence-electron chi connectivity index (χ3n) is 5.70. The van der Waals surface area contributed by atoms with E-state index in [1.807, 2.05) is 46.8 Å². The average molecular weight is 490 g/mol. The highest BCUT2D eigenvalue weighted by molar-refractivity contribution is 7.48. The maximum atomic E-state index is 14.7. The number of hydrogen-bond acceptors (Lipinski definition) is 2. The minimum Gasteiger partial charge on any atom is -0.467 e. The number of benzene rings is 2. The second-order valence-corrected chi connectivity index (χ2v) is 11.3. The fourth-order valence-electron chi connectivity index (χ4n) is 3.71. The van der Waals surface area contributed by atoms with Crippen LogP contribution < -0.4 is 10.0 Å². The molecule has 0 aliphatic rings. The molecule has 0 bridgehead atoms. The van der Waals surface area contributed by atoms with E-state index in [1.54, 1.807) is 6.92 Å². The van der Waals surface area contributed by atoms with Crippen molar-refractivity contribution in [3.63, 3.8) is 0 Å². The Balaban J connectivity index is 2.80. The molecule has 0 saturated carbocycles. The van der Waals surface area contributed by atoms with Crippen LogP contribution in [0.15, 0.2) is 12.1 Å². The predicted molar refractivity (Wildman–Crippen MR) is 123 cm³/mol. The van der Waals surface area contributed by atoms with E-state index in [4.69, 9.17) is 9.47 Å². The number of unbranched alkanes of at least 4 members (excludes halogenated alkanes) is 1. The van der Waals surface area contributed by atoms with Crippen molar-refractivity contribution in [2.45, 2.75) is 71.4 Å². The van der Waals surface area contributed by atoms with Crippen LogP contribution in [0.1, 0.15) is 70.6 Å². The van der Waals surface area contributed by atoms with Gasteiger partial charge in [0.25, 0.3) is 0 Å². The van der Waals surface area contributed by atoms with Gasteiger partial charge in [-0.25, -0.2) is 22.0 Å². The summed E-state index contributed by atoms with van der Waals surface area (Å²) >= 11 is 0. The summed E-state index contributed by atoms with van der Waals surface area (Å²) < 4.78 is 81.8. The lowest BCUT2D eigenvalue weighted by Crippen LogP contribution is -2.26. The van der Waals surface area contributed by atoms with Crippen LogP contribution in [0.3, 0.4) is 0 Å². The highest BCUT2D eigenvalue weighted by Crippen LogP contribution is 2.51. The molecule has 184 valence electrons. The molecule has 0 spiro atoms. The van der Waals surface area contributed by atoms with E-state index >= 15 is 0 Å². The van der Waals surface area contributed by atoms with Crippen LogP contribution in [0.4, 0.5) is 22.0 Å². The van der Waals surface area contributed by atoms with E-state index in [0.717, 1.165) is 17.5 Å². The van der Waals surface area contributed by atoms with Crippen molar-refractivity contribution in [1.82, 2.24) is 0 Å². The average Bonchev–Trinajstić information content (AvgIpc) is 2.76. The van der Waals surface area contributed by atoms with Gasteiger partial charge in [-0.3, -0.25) is 0 Å². The molecular formula is C25H32F5O2P. The third-order valence-corrected chi connectivity index (χ3v) is 7.46. The summed E-state index contributed by atoms with van der Waals surface area (Å²) in [6.07, 6.45) is 1.96. The highest BCUT2D eigenvalue weighted by atomic mass is 31.1. The van der Waals surface area contributed by atoms with Crippen molar-refractivity contribution in [1.29, 1.82) is 0 Å². The van der Waals surface area contributed by atoms with Crippen LogP contribution in [0.5, 0.6) is 5.75 Å². The lowest BCUT2D eigenvalue weighted by atomic mass is 9.82. The summed E-state index contributed by atoms with van der Waals surface area (Å²) in [4.78, 5) is 0. The standard InChI is InChI=1S/C25H32F5O2P/c1-8-9-10-25(6,33-23-20(29)18(27)17(26)19(28)21(23)30)16-12-15(24(3,4)5)11-14(2)22(16)32-13-31-7/h11-12,33H,8-10,13H2,1-7H3. The Morgan fingerprint density at radius 2 is 1.42 bits per heavy atom. The Labute approximate surface area is 194 Å². The van der Waals surface area contributed by atoms with E-state index in [2.05, 4.69) is 0 Å². The molecule has 0 amide bonds. The predicted octanol–water partition coefficient (Wildman–Crippen LogP) is 7.38. The van der Waals surface area contributed by atoms with E-state index in [-0.39, 0.29) is 12.2 Å². The van der Waals surface area contributed by atoms with Gasteiger partial charge in [-0.2, -0.15) is 0 Å². The number of ether oxygens (including phenoxy) is 2. The molecule has 0 aliphatic heterocycles. The SMILES string of the molecule is CCCCC(C)(Pc1c(F)c(F)c(F)c(F)c1F)c1cc(C(C)(C)C)cc(C)c1OCOC. The van der Waals surface area contributed by atoms with Gasteiger partial charge in [0, 0.05) is 17.8 Å². The van der Waals surface area contributed by atoms with Gasteiger partial charge in [-0.05, 0) is 29.9 Å². The molecule has 0 fully saturated rings. The summed E-state index contributed by atoms with van der Waals surface area (Å²) in [5.74, 6) is -9.07. The quantitative estimate of drug-likeness (QED) is 0.120. The molecule has 2 aromatic rings. The van der Waals surface area contributed by atoms with Gasteiger partial charge in [-0.1, -0.05) is 68.2 Å². The molecule has 0 radical (unpaired) electrons. The van der Waals surface area contributed by atoms with Crippen LogP contribution in [-0.2, 0) is 15.3 Å². The Kier molecular flexibility index (Phi) is 8.92. The van der Waals surface area contributed by atoms with Crippen molar-refractivity contribution >= 4 is 13.9 Å². The maximum Gasteiger partial charge on any atom is 0.200 e. The van der Waals surface area contributed by atoms with Gasteiger partial charge in [0.2, 0.25) is 5.82 Å². The zero-order valence-corrected chi connectivity index (χ0v) is 21.2. The Hall–Kier alpha value is -1.72. The number of hydrogen-bond donors (Lipinski definition) is 0. The van der Waals surface area contributed by atoms with Gasteiger partial charge in [-0.15, -0.1) is 0 Å². The second kappa shape index (κ2) is 10.7. The summed E-state index contributed by atoms with van der Waals surface area (Å²) in [6, 6.07) is 3.91. The van der Waals surface area contributed by atoms with Gasteiger partial charge >= 0.3 is 0 Å². The number of methoxy groups -OCH3 is 1. The summed E-state index contributed by atoms with van der Waals surface area (Å²) in [5.41, 5.74) is 2.21. The number of aryl methyl sites for hydroxylation is 1. The first-order chi connectivity index (χ1) is 15.3. The van der Waals surface area contributed by atoms with Crippen LogP contribution in [0.2, 0.25) is 0 Å². The third kappa shape index (κ3) is 5.86. The van der Waals surface area contributed by atoms with Crippen LogP contribution >= 0.6 is 8.58 Å². The highest BCUT2D eigenvalue weighted by Gasteiger charge is 2.36. The van der Waals surface area contributed by atoms with Crippen molar-refractivity contribution in [2.24, 2.45) is 0 Å².